The summed E-state index contributed by atoms with van der Waals surface area (Å²) in [5.41, 5.74) is 22.5. The van der Waals surface area contributed by atoms with E-state index in [2.05, 4.69) is 181 Å². The monoisotopic (exact) mass is 715 g/mol. The van der Waals surface area contributed by atoms with Gasteiger partial charge in [0.25, 0.3) is 0 Å². The molecule has 264 valence electrons. The quantitative estimate of drug-likeness (QED) is 0.104. The van der Waals surface area contributed by atoms with E-state index in [9.17, 15) is 0 Å². The Hall–Kier alpha value is -6.97. The largest absolute Gasteiger partial charge is 0.384 e. The number of rotatable bonds is 5. The van der Waals surface area contributed by atoms with Gasteiger partial charge in [0.2, 0.25) is 0 Å². The topological polar surface area (TPSA) is 54.2 Å². The maximum atomic E-state index is 6.78. The highest BCUT2D eigenvalue weighted by atomic mass is 14.9. The van der Waals surface area contributed by atoms with Gasteiger partial charge in [0.1, 0.15) is 11.9 Å². The number of amidine groups is 1. The average molecular weight is 716 g/mol. The van der Waals surface area contributed by atoms with Gasteiger partial charge in [0, 0.05) is 21.8 Å². The van der Waals surface area contributed by atoms with Crippen LogP contribution >= 0.6 is 0 Å². The van der Waals surface area contributed by atoms with Gasteiger partial charge < -0.3 is 10.7 Å². The predicted molar refractivity (Wildman–Crippen MR) is 233 cm³/mol. The fraction of sp³-hybridized carbons (Fsp3) is 0.0755. The molecule has 3 aliphatic rings. The van der Waals surface area contributed by atoms with Gasteiger partial charge in [-0.2, -0.15) is 0 Å². The van der Waals surface area contributed by atoms with E-state index in [1.54, 1.807) is 0 Å². The van der Waals surface area contributed by atoms with Crippen molar-refractivity contribution < 1.29 is 0 Å². The highest BCUT2D eigenvalue weighted by Gasteiger charge is 2.50. The number of nitrogens with one attached hydrogen (secondary N) is 1. The molecule has 1 heterocycles. The smallest absolute Gasteiger partial charge is 0.122 e. The normalized spacial score (nSPS) is 15.6. The molecule has 0 amide bonds. The lowest BCUT2D eigenvalue weighted by atomic mass is 9.70. The lowest BCUT2D eigenvalue weighted by Gasteiger charge is -2.30. The number of nitrogens with zero attached hydrogens (tertiary/aromatic N) is 1. The first-order valence-corrected chi connectivity index (χ1v) is 19.7. The Kier molecular flexibility index (Phi) is 6.59. The van der Waals surface area contributed by atoms with Gasteiger partial charge >= 0.3 is 0 Å². The van der Waals surface area contributed by atoms with Gasteiger partial charge in [0.05, 0.1) is 5.41 Å². The molecule has 3 nitrogen and oxygen atoms in total. The number of nitrogens with two attached hydrogens (primary N) is 1. The van der Waals surface area contributed by atoms with Crippen LogP contribution in [0.5, 0.6) is 0 Å². The molecule has 0 fully saturated rings. The summed E-state index contributed by atoms with van der Waals surface area (Å²) in [6, 6.07) is 58.4. The zero-order valence-corrected chi connectivity index (χ0v) is 30.8. The van der Waals surface area contributed by atoms with Gasteiger partial charge in [-0.1, -0.05) is 158 Å². The molecule has 1 aromatic heterocycles. The third-order valence-corrected chi connectivity index (χ3v) is 12.8. The SMILES string of the molecule is NC(=NC(c1ccc(-c2ccc3c(c2)-c2ccccc2C32c3cccc4ccc5cccc2c5c34)cc1)c1ccc2c(c1)[nH]c1ccccc12)C1=CC=CCC1. The number of H-pyrrole nitrogens is 1. The Morgan fingerprint density at radius 1 is 0.571 bits per heavy atom. The zero-order chi connectivity index (χ0) is 37.0. The van der Waals surface area contributed by atoms with E-state index in [-0.39, 0.29) is 11.5 Å². The van der Waals surface area contributed by atoms with E-state index in [4.69, 9.17) is 10.7 Å². The minimum atomic E-state index is -0.349. The van der Waals surface area contributed by atoms with Crippen LogP contribution in [-0.2, 0) is 5.41 Å². The molecule has 12 rings (SSSR count). The Labute approximate surface area is 325 Å². The molecule has 56 heavy (non-hydrogen) atoms. The molecule has 0 saturated carbocycles. The summed E-state index contributed by atoms with van der Waals surface area (Å²) in [6.07, 6.45) is 8.25. The third kappa shape index (κ3) is 4.31. The standard InChI is InChI=1S/C53H37N3/c54-52(36-10-2-1-3-11-36)56-51(38-26-28-41-40-15-5-7-19-47(40)55-48(41)31-38)35-24-20-32(21-25-35)37-27-29-44-42(30-37)39-14-4-6-16-43(39)53(44)45-17-8-12-33-22-23-34-13-9-18-46(53)50(34)49(33)45/h1-2,4-10,12-31,51,55H,3,11H2,(H2,54,56). The van der Waals surface area contributed by atoms with Crippen molar-refractivity contribution in [1.29, 1.82) is 0 Å². The Morgan fingerprint density at radius 2 is 1.25 bits per heavy atom. The first-order valence-electron chi connectivity index (χ1n) is 19.7. The number of aromatic nitrogens is 1. The molecular formula is C53H37N3. The van der Waals surface area contributed by atoms with Crippen molar-refractivity contribution in [1.82, 2.24) is 4.98 Å². The predicted octanol–water partition coefficient (Wildman–Crippen LogP) is 12.7. The van der Waals surface area contributed by atoms with Gasteiger partial charge in [-0.05, 0) is 114 Å². The van der Waals surface area contributed by atoms with Crippen molar-refractivity contribution in [2.45, 2.75) is 24.3 Å². The number of aliphatic imine (C=N–C) groups is 1. The lowest BCUT2D eigenvalue weighted by Crippen LogP contribution is -2.26. The summed E-state index contributed by atoms with van der Waals surface area (Å²) in [6.45, 7) is 0. The van der Waals surface area contributed by atoms with Crippen molar-refractivity contribution in [2.24, 2.45) is 10.7 Å². The second-order valence-corrected chi connectivity index (χ2v) is 15.6. The summed E-state index contributed by atoms with van der Waals surface area (Å²) in [7, 11) is 0. The highest BCUT2D eigenvalue weighted by molar-refractivity contribution is 6.17. The molecule has 8 aromatic carbocycles. The van der Waals surface area contributed by atoms with E-state index in [1.165, 1.54) is 76.8 Å². The summed E-state index contributed by atoms with van der Waals surface area (Å²) in [5, 5.41) is 7.83. The van der Waals surface area contributed by atoms with E-state index < -0.39 is 0 Å². The van der Waals surface area contributed by atoms with Crippen LogP contribution in [0.2, 0.25) is 0 Å². The van der Waals surface area contributed by atoms with Crippen LogP contribution in [0.4, 0.5) is 0 Å². The minimum Gasteiger partial charge on any atom is -0.384 e. The van der Waals surface area contributed by atoms with E-state index in [0.29, 0.717) is 5.84 Å². The molecule has 0 aliphatic heterocycles. The Morgan fingerprint density at radius 3 is 2.04 bits per heavy atom. The minimum absolute atomic E-state index is 0.257. The molecule has 1 spiro atoms. The number of aromatic amines is 1. The van der Waals surface area contributed by atoms with Gasteiger partial charge in [-0.25, -0.2) is 0 Å². The van der Waals surface area contributed by atoms with E-state index in [0.717, 1.165) is 40.6 Å². The van der Waals surface area contributed by atoms with Crippen LogP contribution < -0.4 is 5.73 Å². The second-order valence-electron chi connectivity index (χ2n) is 15.6. The molecule has 0 radical (unpaired) electrons. The zero-order valence-electron chi connectivity index (χ0n) is 30.8. The van der Waals surface area contributed by atoms with Crippen LogP contribution in [0.15, 0.2) is 187 Å². The number of hydrogen-bond donors (Lipinski definition) is 2. The molecule has 1 unspecified atom stereocenters. The second kappa shape index (κ2) is 11.8. The fourth-order valence-electron chi connectivity index (χ4n) is 10.2. The third-order valence-electron chi connectivity index (χ3n) is 12.8. The lowest BCUT2D eigenvalue weighted by molar-refractivity contribution is 0.797. The van der Waals surface area contributed by atoms with Crippen LogP contribution in [0.3, 0.4) is 0 Å². The summed E-state index contributed by atoms with van der Waals surface area (Å²) in [5.74, 6) is 0.604. The maximum absolute atomic E-state index is 6.78. The van der Waals surface area contributed by atoms with Crippen molar-refractivity contribution in [3.8, 4) is 22.3 Å². The summed E-state index contributed by atoms with van der Waals surface area (Å²) >= 11 is 0. The van der Waals surface area contributed by atoms with Gasteiger partial charge in [-0.3, -0.25) is 4.99 Å². The van der Waals surface area contributed by atoms with Crippen LogP contribution in [0.1, 0.15) is 52.3 Å². The molecule has 0 bridgehead atoms. The average Bonchev–Trinajstić information content (AvgIpc) is 3.89. The highest BCUT2D eigenvalue weighted by Crippen LogP contribution is 2.62. The number of hydrogen-bond acceptors (Lipinski definition) is 1. The van der Waals surface area contributed by atoms with Crippen LogP contribution in [-0.4, -0.2) is 10.8 Å². The summed E-state index contributed by atoms with van der Waals surface area (Å²) in [4.78, 5) is 8.88. The number of allylic oxidation sites excluding steroid dienone is 3. The van der Waals surface area contributed by atoms with Crippen molar-refractivity contribution in [2.75, 3.05) is 0 Å². The number of benzene rings is 8. The van der Waals surface area contributed by atoms with E-state index >= 15 is 0 Å². The molecule has 3 heteroatoms. The number of fused-ring (bicyclic) bond motifs is 10. The van der Waals surface area contributed by atoms with Gasteiger partial charge in [0.15, 0.2) is 0 Å². The number of para-hydroxylation sites is 1. The van der Waals surface area contributed by atoms with Gasteiger partial charge in [-0.15, -0.1) is 0 Å². The molecular weight excluding hydrogens is 679 g/mol. The maximum Gasteiger partial charge on any atom is 0.122 e. The summed E-state index contributed by atoms with van der Waals surface area (Å²) < 4.78 is 0. The molecule has 3 N–H and O–H groups in total. The first kappa shape index (κ1) is 31.4. The Bertz CT molecular complexity index is 3150. The fourth-order valence-corrected chi connectivity index (χ4v) is 10.2. The Balaban J connectivity index is 0.976. The molecule has 9 aromatic rings. The first-order chi connectivity index (χ1) is 27.7. The van der Waals surface area contributed by atoms with E-state index in [1.807, 2.05) is 0 Å². The van der Waals surface area contributed by atoms with Crippen LogP contribution in [0.25, 0.3) is 65.6 Å². The molecule has 1 atom stereocenters. The molecule has 3 aliphatic carbocycles. The van der Waals surface area contributed by atoms with Crippen LogP contribution in [0, 0.1) is 0 Å². The van der Waals surface area contributed by atoms with Crippen molar-refractivity contribution in [3.05, 3.63) is 215 Å². The van der Waals surface area contributed by atoms with Crippen molar-refractivity contribution >= 4 is 49.2 Å². The molecule has 0 saturated heterocycles. The van der Waals surface area contributed by atoms with Crippen molar-refractivity contribution in [3.63, 3.8) is 0 Å².